The topological polar surface area (TPSA) is 88.7 Å². The van der Waals surface area contributed by atoms with Crippen LogP contribution in [0.15, 0.2) is 53.6 Å². The van der Waals surface area contributed by atoms with Crippen LogP contribution in [0.25, 0.3) is 10.8 Å². The molecule has 0 bridgehead atoms. The van der Waals surface area contributed by atoms with E-state index in [0.29, 0.717) is 22.1 Å². The minimum Gasteiger partial charge on any atom is -0.506 e. The lowest BCUT2D eigenvalue weighted by Crippen LogP contribution is -1.93. The molecule has 0 radical (unpaired) electrons. The summed E-state index contributed by atoms with van der Waals surface area (Å²) in [5, 5.41) is 28.0. The third-order valence-electron chi connectivity index (χ3n) is 3.35. The van der Waals surface area contributed by atoms with Gasteiger partial charge in [-0.3, -0.25) is 0 Å². The second-order valence-electron chi connectivity index (χ2n) is 4.72. The predicted octanol–water partition coefficient (Wildman–Crippen LogP) is 5.31. The minimum absolute atomic E-state index is 0.0319. The molecular formula is C16H12ClN3O2. The van der Waals surface area contributed by atoms with Crippen LogP contribution in [0.5, 0.6) is 11.5 Å². The molecule has 0 aliphatic rings. The summed E-state index contributed by atoms with van der Waals surface area (Å²) in [6, 6.07) is 13.7. The summed E-state index contributed by atoms with van der Waals surface area (Å²) in [5.41, 5.74) is 8.30. The zero-order valence-electron chi connectivity index (χ0n) is 11.3. The van der Waals surface area contributed by atoms with Gasteiger partial charge in [-0.15, -0.1) is 0 Å². The number of benzene rings is 3. The quantitative estimate of drug-likeness (QED) is 0.300. The summed E-state index contributed by atoms with van der Waals surface area (Å²) in [7, 11) is 0. The Morgan fingerprint density at radius 3 is 2.32 bits per heavy atom. The molecule has 0 amide bonds. The highest BCUT2D eigenvalue weighted by Crippen LogP contribution is 2.47. The van der Waals surface area contributed by atoms with Crippen LogP contribution in [-0.4, -0.2) is 10.2 Å². The summed E-state index contributed by atoms with van der Waals surface area (Å²) >= 11 is 6.17. The molecular weight excluding hydrogens is 302 g/mol. The fourth-order valence-electron chi connectivity index (χ4n) is 2.28. The predicted molar refractivity (Wildman–Crippen MR) is 86.8 cm³/mol. The van der Waals surface area contributed by atoms with E-state index in [1.165, 1.54) is 0 Å². The number of anilines is 2. The fourth-order valence-corrected chi connectivity index (χ4v) is 2.52. The Labute approximate surface area is 131 Å². The summed E-state index contributed by atoms with van der Waals surface area (Å²) < 4.78 is 0. The van der Waals surface area contributed by atoms with Gasteiger partial charge in [0.15, 0.2) is 0 Å². The van der Waals surface area contributed by atoms with E-state index in [0.717, 1.165) is 0 Å². The number of fused-ring (bicyclic) bond motifs is 1. The maximum absolute atomic E-state index is 10.4. The van der Waals surface area contributed by atoms with Crippen molar-refractivity contribution in [3.05, 3.63) is 53.6 Å². The van der Waals surface area contributed by atoms with Crippen molar-refractivity contribution in [3.8, 4) is 11.5 Å². The molecule has 0 unspecified atom stereocenters. The fraction of sp³-hybridized carbons (Fsp3) is 0. The van der Waals surface area contributed by atoms with E-state index in [-0.39, 0.29) is 22.2 Å². The molecule has 110 valence electrons. The number of nitrogens with one attached hydrogen (secondary N) is 2. The number of halogens is 1. The van der Waals surface area contributed by atoms with Gasteiger partial charge in [-0.1, -0.05) is 41.9 Å². The molecule has 0 spiro atoms. The average Bonchev–Trinajstić information content (AvgIpc) is 2.57. The van der Waals surface area contributed by atoms with Crippen LogP contribution < -0.4 is 5.32 Å². The van der Waals surface area contributed by atoms with Gasteiger partial charge in [0.2, 0.25) is 0 Å². The first-order valence-electron chi connectivity index (χ1n) is 6.48. The van der Waals surface area contributed by atoms with Gasteiger partial charge < -0.3 is 15.5 Å². The van der Waals surface area contributed by atoms with Crippen molar-refractivity contribution in [1.29, 1.82) is 5.53 Å². The van der Waals surface area contributed by atoms with Gasteiger partial charge in [-0.25, -0.2) is 5.53 Å². The Kier molecular flexibility index (Phi) is 3.56. The number of hydrogen-bond donors (Lipinski definition) is 4. The number of nitrogens with zero attached hydrogens (tertiary/aromatic N) is 1. The summed E-state index contributed by atoms with van der Waals surface area (Å²) in [4.78, 5) is 0. The first kappa shape index (κ1) is 14.2. The highest BCUT2D eigenvalue weighted by Gasteiger charge is 2.17. The van der Waals surface area contributed by atoms with Crippen LogP contribution in [0.2, 0.25) is 5.02 Å². The van der Waals surface area contributed by atoms with Crippen molar-refractivity contribution in [2.75, 3.05) is 5.32 Å². The molecule has 0 heterocycles. The van der Waals surface area contributed by atoms with Crippen LogP contribution in [0.1, 0.15) is 0 Å². The van der Waals surface area contributed by atoms with Crippen molar-refractivity contribution < 1.29 is 10.2 Å². The second kappa shape index (κ2) is 5.54. The van der Waals surface area contributed by atoms with Crippen LogP contribution in [0.3, 0.4) is 0 Å². The Balaban J connectivity index is 2.16. The smallest absolute Gasteiger partial charge is 0.148 e. The first-order valence-corrected chi connectivity index (χ1v) is 6.86. The molecule has 0 aromatic heterocycles. The normalized spacial score (nSPS) is 10.6. The van der Waals surface area contributed by atoms with Gasteiger partial charge in [0, 0.05) is 16.5 Å². The van der Waals surface area contributed by atoms with E-state index in [1.807, 2.05) is 0 Å². The second-order valence-corrected chi connectivity index (χ2v) is 5.10. The number of phenolic OH excluding ortho intramolecular Hbond substituents is 2. The lowest BCUT2D eigenvalue weighted by Gasteiger charge is -2.14. The largest absolute Gasteiger partial charge is 0.506 e. The molecule has 4 N–H and O–H groups in total. The number of phenols is 2. The van der Waals surface area contributed by atoms with Gasteiger partial charge in [-0.05, 0) is 18.2 Å². The third-order valence-corrected chi connectivity index (χ3v) is 3.71. The standard InChI is InChI=1S/C16H12ClN3O2/c17-13-14(19-9-4-3-5-10(8-9)20-18)16(22)12-7-2-1-6-11(12)15(13)21/h1-8,18-19,21-22H. The summed E-state index contributed by atoms with van der Waals surface area (Å²) in [6.45, 7) is 0. The van der Waals surface area contributed by atoms with E-state index < -0.39 is 0 Å². The molecule has 0 aliphatic carbocycles. The van der Waals surface area contributed by atoms with Crippen molar-refractivity contribution >= 4 is 39.4 Å². The van der Waals surface area contributed by atoms with Crippen LogP contribution >= 0.6 is 11.6 Å². The van der Waals surface area contributed by atoms with Crippen molar-refractivity contribution in [1.82, 2.24) is 0 Å². The maximum atomic E-state index is 10.4. The molecule has 3 aromatic carbocycles. The lowest BCUT2D eigenvalue weighted by molar-refractivity contribution is 0.471. The SMILES string of the molecule is N=Nc1cccc(Nc2c(Cl)c(O)c3ccccc3c2O)c1. The van der Waals surface area contributed by atoms with Gasteiger partial charge in [0.25, 0.3) is 0 Å². The van der Waals surface area contributed by atoms with Crippen LogP contribution in [0, 0.1) is 5.53 Å². The molecule has 6 heteroatoms. The van der Waals surface area contributed by atoms with Gasteiger partial charge in [0.1, 0.15) is 22.2 Å². The number of aromatic hydroxyl groups is 2. The lowest BCUT2D eigenvalue weighted by atomic mass is 10.1. The Morgan fingerprint density at radius 1 is 0.955 bits per heavy atom. The highest BCUT2D eigenvalue weighted by molar-refractivity contribution is 6.37. The Morgan fingerprint density at radius 2 is 1.64 bits per heavy atom. The van der Waals surface area contributed by atoms with Crippen molar-refractivity contribution in [2.24, 2.45) is 5.11 Å². The first-order chi connectivity index (χ1) is 10.6. The average molecular weight is 314 g/mol. The third kappa shape index (κ3) is 2.31. The van der Waals surface area contributed by atoms with E-state index in [9.17, 15) is 10.2 Å². The molecule has 0 saturated carbocycles. The Hall–Kier alpha value is -2.79. The number of rotatable bonds is 3. The maximum Gasteiger partial charge on any atom is 0.148 e. The monoisotopic (exact) mass is 313 g/mol. The van der Waals surface area contributed by atoms with Gasteiger partial charge in [0.05, 0.1) is 5.69 Å². The molecule has 0 aliphatic heterocycles. The molecule has 3 rings (SSSR count). The molecule has 0 saturated heterocycles. The van der Waals surface area contributed by atoms with E-state index in [4.69, 9.17) is 17.1 Å². The highest BCUT2D eigenvalue weighted by atomic mass is 35.5. The zero-order chi connectivity index (χ0) is 15.7. The summed E-state index contributed by atoms with van der Waals surface area (Å²) in [5.74, 6) is -0.148. The van der Waals surface area contributed by atoms with Crippen LogP contribution in [-0.2, 0) is 0 Å². The minimum atomic E-state index is -0.0982. The van der Waals surface area contributed by atoms with Crippen molar-refractivity contribution in [2.45, 2.75) is 0 Å². The molecule has 0 fully saturated rings. The Bertz CT molecular complexity index is 881. The van der Waals surface area contributed by atoms with Gasteiger partial charge >= 0.3 is 0 Å². The van der Waals surface area contributed by atoms with E-state index in [1.54, 1.807) is 48.5 Å². The summed E-state index contributed by atoms with van der Waals surface area (Å²) in [6.07, 6.45) is 0. The number of hydrogen-bond acceptors (Lipinski definition) is 5. The van der Waals surface area contributed by atoms with E-state index >= 15 is 0 Å². The molecule has 22 heavy (non-hydrogen) atoms. The molecule has 0 atom stereocenters. The zero-order valence-corrected chi connectivity index (χ0v) is 12.1. The van der Waals surface area contributed by atoms with Crippen molar-refractivity contribution in [3.63, 3.8) is 0 Å². The van der Waals surface area contributed by atoms with Crippen LogP contribution in [0.4, 0.5) is 17.1 Å². The molecule has 3 aromatic rings. The van der Waals surface area contributed by atoms with Gasteiger partial charge in [-0.2, -0.15) is 5.11 Å². The molecule has 5 nitrogen and oxygen atoms in total. The van der Waals surface area contributed by atoms with E-state index in [2.05, 4.69) is 10.4 Å².